The Labute approximate surface area is 153 Å². The van der Waals surface area contributed by atoms with Crippen LogP contribution in [0, 0.1) is 5.92 Å². The quantitative estimate of drug-likeness (QED) is 0.667. The molecule has 0 unspecified atom stereocenters. The number of benzene rings is 2. The maximum Gasteiger partial charge on any atom is 0.336 e. The highest BCUT2D eigenvalue weighted by molar-refractivity contribution is 5.82. The number of phenols is 1. The van der Waals surface area contributed by atoms with Crippen LogP contribution in [0.1, 0.15) is 43.5 Å². The van der Waals surface area contributed by atoms with Crippen molar-refractivity contribution in [2.75, 3.05) is 0 Å². The highest BCUT2D eigenvalue weighted by Crippen LogP contribution is 2.27. The van der Waals surface area contributed by atoms with Gasteiger partial charge in [-0.25, -0.2) is 4.79 Å². The Morgan fingerprint density at radius 3 is 2.46 bits per heavy atom. The first kappa shape index (κ1) is 18.2. The van der Waals surface area contributed by atoms with E-state index in [4.69, 9.17) is 4.42 Å². The predicted octanol–water partition coefficient (Wildman–Crippen LogP) is 3.52. The summed E-state index contributed by atoms with van der Waals surface area (Å²) in [6, 6.07) is 15.8. The highest BCUT2D eigenvalue weighted by atomic mass is 16.4. The van der Waals surface area contributed by atoms with E-state index in [1.807, 2.05) is 19.1 Å². The summed E-state index contributed by atoms with van der Waals surface area (Å²) in [5.74, 6) is 0.632. The van der Waals surface area contributed by atoms with Crippen molar-refractivity contribution in [3.8, 4) is 5.75 Å². The zero-order valence-electron chi connectivity index (χ0n) is 15.5. The van der Waals surface area contributed by atoms with Gasteiger partial charge >= 0.3 is 5.63 Å². The smallest absolute Gasteiger partial charge is 0.336 e. The molecule has 26 heavy (non-hydrogen) atoms. The Morgan fingerprint density at radius 1 is 1.08 bits per heavy atom. The standard InChI is InChI=1S/C22H25NO3/c1-4-15-10-18-17(11-21(25)26-20(18)12-19(15)24)13-23-22(14(2)3)16-8-6-5-7-9-16/h5-12,14,22-24H,4,13H2,1-3H3/p+1/t22-/m1/s1. The minimum atomic E-state index is -0.384. The number of fused-ring (bicyclic) bond motifs is 1. The molecule has 1 heterocycles. The Balaban J connectivity index is 1.96. The van der Waals surface area contributed by atoms with Gasteiger partial charge in [0.15, 0.2) is 0 Å². The summed E-state index contributed by atoms with van der Waals surface area (Å²) in [6.07, 6.45) is 0.725. The Kier molecular flexibility index (Phi) is 5.43. The van der Waals surface area contributed by atoms with Gasteiger partial charge in [-0.05, 0) is 18.1 Å². The second kappa shape index (κ2) is 7.75. The number of hydrogen-bond donors (Lipinski definition) is 2. The van der Waals surface area contributed by atoms with E-state index in [0.29, 0.717) is 24.1 Å². The summed E-state index contributed by atoms with van der Waals surface area (Å²) in [5, 5.41) is 13.2. The molecule has 0 saturated heterocycles. The highest BCUT2D eigenvalue weighted by Gasteiger charge is 2.20. The zero-order chi connectivity index (χ0) is 18.7. The first-order valence-corrected chi connectivity index (χ1v) is 9.16. The molecule has 0 aliphatic rings. The van der Waals surface area contributed by atoms with Gasteiger partial charge < -0.3 is 14.8 Å². The molecule has 2 aromatic carbocycles. The van der Waals surface area contributed by atoms with Gasteiger partial charge in [0.2, 0.25) is 0 Å². The fourth-order valence-electron chi connectivity index (χ4n) is 3.48. The molecular formula is C22H26NO3+. The van der Waals surface area contributed by atoms with Gasteiger partial charge in [-0.2, -0.15) is 0 Å². The van der Waals surface area contributed by atoms with Gasteiger partial charge in [0.1, 0.15) is 23.9 Å². The average molecular weight is 352 g/mol. The van der Waals surface area contributed by atoms with Crippen molar-refractivity contribution in [2.24, 2.45) is 5.92 Å². The van der Waals surface area contributed by atoms with Gasteiger partial charge in [-0.1, -0.05) is 51.1 Å². The van der Waals surface area contributed by atoms with Crippen molar-refractivity contribution < 1.29 is 14.8 Å². The maximum atomic E-state index is 12.0. The van der Waals surface area contributed by atoms with E-state index in [2.05, 4.69) is 43.4 Å². The van der Waals surface area contributed by atoms with Crippen LogP contribution in [0.5, 0.6) is 5.75 Å². The van der Waals surface area contributed by atoms with Crippen LogP contribution in [0.25, 0.3) is 11.0 Å². The van der Waals surface area contributed by atoms with Gasteiger partial charge in [0, 0.05) is 34.6 Å². The van der Waals surface area contributed by atoms with E-state index in [0.717, 1.165) is 22.9 Å². The Bertz CT molecular complexity index is 945. The summed E-state index contributed by atoms with van der Waals surface area (Å²) in [7, 11) is 0. The van der Waals surface area contributed by atoms with Crippen LogP contribution in [0.4, 0.5) is 0 Å². The largest absolute Gasteiger partial charge is 0.508 e. The molecule has 0 aliphatic heterocycles. The van der Waals surface area contributed by atoms with E-state index in [9.17, 15) is 9.90 Å². The van der Waals surface area contributed by atoms with Gasteiger partial charge in [-0.3, -0.25) is 0 Å². The lowest BCUT2D eigenvalue weighted by molar-refractivity contribution is -0.716. The maximum absolute atomic E-state index is 12.0. The van der Waals surface area contributed by atoms with Crippen molar-refractivity contribution >= 4 is 11.0 Å². The first-order chi connectivity index (χ1) is 12.5. The molecule has 3 aromatic rings. The van der Waals surface area contributed by atoms with Crippen LogP contribution in [-0.4, -0.2) is 5.11 Å². The minimum absolute atomic E-state index is 0.175. The van der Waals surface area contributed by atoms with Crippen LogP contribution in [0.15, 0.2) is 57.7 Å². The molecule has 0 fully saturated rings. The predicted molar refractivity (Wildman–Crippen MR) is 103 cm³/mol. The molecular weight excluding hydrogens is 326 g/mol. The molecule has 4 nitrogen and oxygen atoms in total. The SMILES string of the molecule is CCc1cc2c(C[NH2+][C@@H](c3ccccc3)C(C)C)cc(=O)oc2cc1O. The molecule has 0 aliphatic carbocycles. The molecule has 1 aromatic heterocycles. The normalized spacial score (nSPS) is 12.6. The van der Waals surface area contributed by atoms with Crippen LogP contribution in [-0.2, 0) is 13.0 Å². The summed E-state index contributed by atoms with van der Waals surface area (Å²) in [6.45, 7) is 7.08. The third kappa shape index (κ3) is 3.81. The van der Waals surface area contributed by atoms with Crippen molar-refractivity contribution in [3.63, 3.8) is 0 Å². The van der Waals surface area contributed by atoms with E-state index in [1.165, 1.54) is 5.56 Å². The van der Waals surface area contributed by atoms with Gasteiger partial charge in [0.05, 0.1) is 0 Å². The summed E-state index contributed by atoms with van der Waals surface area (Å²) < 4.78 is 5.29. The van der Waals surface area contributed by atoms with Crippen LogP contribution < -0.4 is 10.9 Å². The lowest BCUT2D eigenvalue weighted by Gasteiger charge is -2.20. The first-order valence-electron chi connectivity index (χ1n) is 9.16. The Hall–Kier alpha value is -2.59. The van der Waals surface area contributed by atoms with Crippen molar-refractivity contribution in [3.05, 3.63) is 75.6 Å². The van der Waals surface area contributed by atoms with E-state index in [-0.39, 0.29) is 11.4 Å². The second-order valence-electron chi connectivity index (χ2n) is 7.04. The third-order valence-corrected chi connectivity index (χ3v) is 4.90. The number of quaternary nitrogens is 1. The van der Waals surface area contributed by atoms with Crippen LogP contribution in [0.3, 0.4) is 0 Å². The van der Waals surface area contributed by atoms with Crippen molar-refractivity contribution in [1.82, 2.24) is 0 Å². The van der Waals surface area contributed by atoms with Gasteiger partial charge in [-0.15, -0.1) is 0 Å². The monoisotopic (exact) mass is 352 g/mol. The molecule has 4 heteroatoms. The van der Waals surface area contributed by atoms with Crippen molar-refractivity contribution in [2.45, 2.75) is 39.8 Å². The fraction of sp³-hybridized carbons (Fsp3) is 0.318. The Morgan fingerprint density at radius 2 is 1.81 bits per heavy atom. The number of rotatable bonds is 6. The summed E-state index contributed by atoms with van der Waals surface area (Å²) in [4.78, 5) is 12.0. The molecule has 3 rings (SSSR count). The molecule has 0 bridgehead atoms. The number of hydrogen-bond acceptors (Lipinski definition) is 3. The van der Waals surface area contributed by atoms with Gasteiger partial charge in [0.25, 0.3) is 0 Å². The van der Waals surface area contributed by atoms with E-state index < -0.39 is 0 Å². The lowest BCUT2D eigenvalue weighted by atomic mass is 9.95. The van der Waals surface area contributed by atoms with E-state index in [1.54, 1.807) is 12.1 Å². The minimum Gasteiger partial charge on any atom is -0.508 e. The molecule has 136 valence electrons. The van der Waals surface area contributed by atoms with Crippen LogP contribution in [0.2, 0.25) is 0 Å². The molecule has 1 atom stereocenters. The second-order valence-corrected chi connectivity index (χ2v) is 7.04. The number of nitrogens with two attached hydrogens (primary N) is 1. The van der Waals surface area contributed by atoms with E-state index >= 15 is 0 Å². The molecule has 3 N–H and O–H groups in total. The average Bonchev–Trinajstić information content (AvgIpc) is 2.61. The zero-order valence-corrected chi connectivity index (χ0v) is 15.5. The fourth-order valence-corrected chi connectivity index (χ4v) is 3.48. The molecule has 0 radical (unpaired) electrons. The summed E-state index contributed by atoms with van der Waals surface area (Å²) in [5.41, 5.74) is 3.13. The lowest BCUT2D eigenvalue weighted by Crippen LogP contribution is -2.84. The molecule has 0 saturated carbocycles. The number of aryl methyl sites for hydroxylation is 1. The van der Waals surface area contributed by atoms with Crippen molar-refractivity contribution in [1.29, 1.82) is 0 Å². The number of aromatic hydroxyl groups is 1. The molecule has 0 spiro atoms. The summed E-state index contributed by atoms with van der Waals surface area (Å²) >= 11 is 0. The van der Waals surface area contributed by atoms with Crippen LogP contribution >= 0.6 is 0 Å². The number of phenolic OH excluding ortho intramolecular Hbond substituents is 1. The topological polar surface area (TPSA) is 67.0 Å². The third-order valence-electron chi connectivity index (χ3n) is 4.90. The molecule has 0 amide bonds.